The van der Waals surface area contributed by atoms with Gasteiger partial charge >= 0.3 is 136 Å². The van der Waals surface area contributed by atoms with Crippen LogP contribution in [0.5, 0.6) is 0 Å². The molecular weight excluding hydrogens is 343 g/mol. The molecule has 0 aliphatic heterocycles. The summed E-state index contributed by atoms with van der Waals surface area (Å²) in [6.07, 6.45) is 15.8. The molecule has 0 bridgehead atoms. The van der Waals surface area contributed by atoms with Crippen LogP contribution in [-0.4, -0.2) is 15.0 Å². The average Bonchev–Trinajstić information content (AvgIpc) is 2.50. The van der Waals surface area contributed by atoms with Crippen molar-refractivity contribution in [1.82, 2.24) is 0 Å². The molecule has 0 aliphatic rings. The van der Waals surface area contributed by atoms with Gasteiger partial charge in [0.2, 0.25) is 0 Å². The summed E-state index contributed by atoms with van der Waals surface area (Å²) in [7, 11) is 0. The van der Waals surface area contributed by atoms with Crippen LogP contribution in [0.2, 0.25) is 10.3 Å². The Balaban J connectivity index is 1.81. The van der Waals surface area contributed by atoms with Crippen molar-refractivity contribution < 1.29 is 0 Å². The third kappa shape index (κ3) is 11.3. The fourth-order valence-corrected chi connectivity index (χ4v) is 4.53. The first-order chi connectivity index (χ1) is 10.3. The standard InChI is InChI=1S/C19H31ClSe/c1-2-3-4-5-6-7-8-9-10-11-12-17-21-19-15-13-18(20)14-16-19/h13-16H,2-12,17H2,1H3. The van der Waals surface area contributed by atoms with Crippen molar-refractivity contribution in [2.45, 2.75) is 82.9 Å². The molecule has 0 unspecified atom stereocenters. The molecule has 0 amide bonds. The first-order valence-corrected chi connectivity index (χ1v) is 11.2. The summed E-state index contributed by atoms with van der Waals surface area (Å²) in [5, 5.41) is 2.23. The first-order valence-electron chi connectivity index (χ1n) is 8.71. The number of unbranched alkanes of at least 4 members (excludes halogenated alkanes) is 10. The van der Waals surface area contributed by atoms with Crippen molar-refractivity contribution in [3.05, 3.63) is 29.3 Å². The van der Waals surface area contributed by atoms with E-state index in [4.69, 9.17) is 11.6 Å². The molecule has 0 aliphatic carbocycles. The number of halogens is 1. The summed E-state index contributed by atoms with van der Waals surface area (Å²) in [6, 6.07) is 8.39. The Kier molecular flexibility index (Phi) is 12.4. The number of hydrogen-bond acceptors (Lipinski definition) is 0. The molecule has 1 rings (SSSR count). The number of hydrogen-bond donors (Lipinski definition) is 0. The molecule has 21 heavy (non-hydrogen) atoms. The van der Waals surface area contributed by atoms with Crippen LogP contribution in [0.3, 0.4) is 0 Å². The quantitative estimate of drug-likeness (QED) is 0.277. The van der Waals surface area contributed by atoms with E-state index in [9.17, 15) is 0 Å². The van der Waals surface area contributed by atoms with E-state index in [1.165, 1.54) is 80.4 Å². The van der Waals surface area contributed by atoms with Crippen molar-refractivity contribution in [1.29, 1.82) is 0 Å². The molecule has 0 saturated heterocycles. The Morgan fingerprint density at radius 1 is 0.714 bits per heavy atom. The molecule has 1 aromatic rings. The van der Waals surface area contributed by atoms with Crippen LogP contribution in [-0.2, 0) is 0 Å². The van der Waals surface area contributed by atoms with E-state index in [0.717, 1.165) is 5.02 Å². The molecule has 0 aromatic heterocycles. The predicted octanol–water partition coefficient (Wildman–Crippen LogP) is 6.40. The van der Waals surface area contributed by atoms with Crippen molar-refractivity contribution in [2.24, 2.45) is 0 Å². The van der Waals surface area contributed by atoms with Crippen LogP contribution in [0.15, 0.2) is 24.3 Å². The summed E-state index contributed by atoms with van der Waals surface area (Å²) in [4.78, 5) is 0. The Morgan fingerprint density at radius 3 is 1.71 bits per heavy atom. The zero-order valence-corrected chi connectivity index (χ0v) is 16.0. The van der Waals surface area contributed by atoms with Gasteiger partial charge in [0.1, 0.15) is 0 Å². The van der Waals surface area contributed by atoms with Crippen LogP contribution in [0.4, 0.5) is 0 Å². The molecule has 0 atom stereocenters. The van der Waals surface area contributed by atoms with Crippen molar-refractivity contribution in [2.75, 3.05) is 0 Å². The number of rotatable bonds is 13. The zero-order valence-electron chi connectivity index (χ0n) is 13.6. The molecule has 0 spiro atoms. The fourth-order valence-electron chi connectivity index (χ4n) is 2.49. The van der Waals surface area contributed by atoms with E-state index in [1.807, 2.05) is 12.1 Å². The van der Waals surface area contributed by atoms with Crippen LogP contribution in [0.1, 0.15) is 77.6 Å². The Hall–Kier alpha value is 0.0295. The van der Waals surface area contributed by atoms with Crippen LogP contribution in [0.25, 0.3) is 0 Å². The van der Waals surface area contributed by atoms with Gasteiger partial charge in [-0.15, -0.1) is 0 Å². The monoisotopic (exact) mass is 374 g/mol. The van der Waals surface area contributed by atoms with Crippen molar-refractivity contribution in [3.8, 4) is 0 Å². The van der Waals surface area contributed by atoms with Gasteiger partial charge in [0, 0.05) is 0 Å². The zero-order chi connectivity index (χ0) is 15.2. The van der Waals surface area contributed by atoms with Gasteiger partial charge in [0.05, 0.1) is 0 Å². The molecule has 0 N–H and O–H groups in total. The first kappa shape index (κ1) is 19.1. The summed E-state index contributed by atoms with van der Waals surface area (Å²) in [5.41, 5.74) is 0. The van der Waals surface area contributed by atoms with E-state index in [0.29, 0.717) is 15.0 Å². The Morgan fingerprint density at radius 2 is 1.19 bits per heavy atom. The van der Waals surface area contributed by atoms with E-state index >= 15 is 0 Å². The molecule has 120 valence electrons. The van der Waals surface area contributed by atoms with Crippen LogP contribution >= 0.6 is 11.6 Å². The Bertz CT molecular complexity index is 334. The molecule has 0 saturated carbocycles. The summed E-state index contributed by atoms with van der Waals surface area (Å²) in [6.45, 7) is 2.29. The Labute approximate surface area is 143 Å². The topological polar surface area (TPSA) is 0 Å². The maximum atomic E-state index is 5.90. The second-order valence-electron chi connectivity index (χ2n) is 5.84. The third-order valence-corrected chi connectivity index (χ3v) is 6.39. The van der Waals surface area contributed by atoms with Crippen LogP contribution < -0.4 is 4.46 Å². The van der Waals surface area contributed by atoms with Crippen molar-refractivity contribution in [3.63, 3.8) is 0 Å². The van der Waals surface area contributed by atoms with Crippen LogP contribution in [0, 0.1) is 0 Å². The molecule has 2 heteroatoms. The normalized spacial score (nSPS) is 11.0. The van der Waals surface area contributed by atoms with E-state index < -0.39 is 0 Å². The second-order valence-corrected chi connectivity index (χ2v) is 8.73. The fraction of sp³-hybridized carbons (Fsp3) is 0.684. The molecule has 0 nitrogen and oxygen atoms in total. The summed E-state index contributed by atoms with van der Waals surface area (Å²) < 4.78 is 1.49. The molecule has 0 heterocycles. The SMILES string of the molecule is CCCCCCCCCCCCC[Se]c1ccc(Cl)cc1. The van der Waals surface area contributed by atoms with Gasteiger partial charge in [-0.1, -0.05) is 6.92 Å². The predicted molar refractivity (Wildman–Crippen MR) is 98.1 cm³/mol. The number of benzene rings is 1. The van der Waals surface area contributed by atoms with E-state index in [-0.39, 0.29) is 0 Å². The average molecular weight is 374 g/mol. The minimum absolute atomic E-state index is 0.643. The summed E-state index contributed by atoms with van der Waals surface area (Å²) >= 11 is 6.54. The maximum absolute atomic E-state index is 5.90. The van der Waals surface area contributed by atoms with Gasteiger partial charge in [-0.25, -0.2) is 0 Å². The van der Waals surface area contributed by atoms with E-state index in [1.54, 1.807) is 0 Å². The van der Waals surface area contributed by atoms with Gasteiger partial charge in [0.25, 0.3) is 0 Å². The molecule has 1 aromatic carbocycles. The summed E-state index contributed by atoms with van der Waals surface area (Å²) in [5.74, 6) is 0. The van der Waals surface area contributed by atoms with Gasteiger partial charge in [-0.05, 0) is 0 Å². The van der Waals surface area contributed by atoms with Gasteiger partial charge in [0.15, 0.2) is 0 Å². The molecule has 0 fully saturated rings. The van der Waals surface area contributed by atoms with Gasteiger partial charge < -0.3 is 0 Å². The van der Waals surface area contributed by atoms with Crippen molar-refractivity contribution >= 4 is 31.0 Å². The molecule has 0 radical (unpaired) electrons. The third-order valence-electron chi connectivity index (χ3n) is 3.83. The van der Waals surface area contributed by atoms with Gasteiger partial charge in [-0.3, -0.25) is 0 Å². The van der Waals surface area contributed by atoms with Gasteiger partial charge in [-0.2, -0.15) is 0 Å². The second kappa shape index (κ2) is 13.7. The minimum atomic E-state index is 0.643. The molecular formula is C19H31ClSe. The van der Waals surface area contributed by atoms with E-state index in [2.05, 4.69) is 19.1 Å².